The van der Waals surface area contributed by atoms with Gasteiger partial charge in [0.1, 0.15) is 0 Å². The van der Waals surface area contributed by atoms with Gasteiger partial charge in [0.25, 0.3) is 5.69 Å². The number of hydrogen-bond donors (Lipinski definition) is 1. The van der Waals surface area contributed by atoms with Crippen molar-refractivity contribution in [2.45, 2.75) is 25.3 Å². The summed E-state index contributed by atoms with van der Waals surface area (Å²) in [5.74, 6) is 0.654. The van der Waals surface area contributed by atoms with Crippen LogP contribution < -0.4 is 5.32 Å². The van der Waals surface area contributed by atoms with Gasteiger partial charge < -0.3 is 5.32 Å². The van der Waals surface area contributed by atoms with Crippen LogP contribution in [0.1, 0.15) is 35.1 Å². The molecule has 116 valence electrons. The fourth-order valence-electron chi connectivity index (χ4n) is 3.94. The van der Waals surface area contributed by atoms with E-state index in [1.54, 1.807) is 12.1 Å². The van der Waals surface area contributed by atoms with Gasteiger partial charge in [-0.05, 0) is 30.9 Å². The van der Waals surface area contributed by atoms with Crippen molar-refractivity contribution in [3.8, 4) is 0 Å². The second-order valence-electron chi connectivity index (χ2n) is 6.38. The minimum atomic E-state index is -0.279. The van der Waals surface area contributed by atoms with Crippen molar-refractivity contribution < 1.29 is 4.92 Å². The Hall–Kier alpha value is -2.62. The molecule has 1 heterocycles. The predicted molar refractivity (Wildman–Crippen MR) is 90.6 cm³/mol. The molecule has 0 radical (unpaired) electrons. The molecule has 2 aromatic carbocycles. The maximum absolute atomic E-state index is 11.4. The van der Waals surface area contributed by atoms with Gasteiger partial charge in [-0.25, -0.2) is 0 Å². The molecule has 4 nitrogen and oxygen atoms in total. The zero-order valence-corrected chi connectivity index (χ0v) is 12.9. The zero-order valence-electron chi connectivity index (χ0n) is 12.9. The number of para-hydroxylation sites is 1. The molecule has 2 aliphatic rings. The number of nitrogens with one attached hydrogen (secondary N) is 1. The number of anilines is 1. The van der Waals surface area contributed by atoms with Gasteiger partial charge in [-0.15, -0.1) is 0 Å². The fourth-order valence-corrected chi connectivity index (χ4v) is 3.94. The van der Waals surface area contributed by atoms with Gasteiger partial charge in [0.15, 0.2) is 0 Å². The molecule has 0 amide bonds. The number of allylic oxidation sites excluding steroid dienone is 2. The molecular formula is C19H18N2O2. The van der Waals surface area contributed by atoms with Crippen molar-refractivity contribution in [1.82, 2.24) is 0 Å². The number of rotatable bonds is 2. The lowest BCUT2D eigenvalue weighted by molar-refractivity contribution is -0.385. The fraction of sp³-hybridized carbons (Fsp3) is 0.263. The van der Waals surface area contributed by atoms with Crippen molar-refractivity contribution in [2.24, 2.45) is 5.92 Å². The van der Waals surface area contributed by atoms with E-state index < -0.39 is 0 Å². The van der Waals surface area contributed by atoms with Gasteiger partial charge in [0.2, 0.25) is 0 Å². The maximum Gasteiger partial charge on any atom is 0.274 e. The first kappa shape index (κ1) is 14.0. The summed E-state index contributed by atoms with van der Waals surface area (Å²) in [4.78, 5) is 11.1. The Morgan fingerprint density at radius 3 is 2.83 bits per heavy atom. The number of aryl methyl sites for hydroxylation is 1. The van der Waals surface area contributed by atoms with Crippen molar-refractivity contribution in [3.05, 3.63) is 81.4 Å². The van der Waals surface area contributed by atoms with E-state index in [9.17, 15) is 10.1 Å². The van der Waals surface area contributed by atoms with E-state index in [2.05, 4.69) is 42.6 Å². The lowest BCUT2D eigenvalue weighted by Crippen LogP contribution is -2.29. The lowest BCUT2D eigenvalue weighted by atomic mass is 9.76. The quantitative estimate of drug-likeness (QED) is 0.496. The average molecular weight is 306 g/mol. The minimum Gasteiger partial charge on any atom is -0.377 e. The Labute approximate surface area is 135 Å². The van der Waals surface area contributed by atoms with Crippen LogP contribution in [-0.4, -0.2) is 4.92 Å². The normalized spacial score (nSPS) is 24.7. The SMILES string of the molecule is Cc1ccc2c(c1)[C@H]1C=CC[C@H]1[C@@H](c1ccccc1[N+](=O)[O-])N2. The standard InChI is InChI=1S/C19H18N2O2/c1-12-9-10-17-16(11-12)13-6-4-7-14(13)19(20-17)15-5-2-3-8-18(15)21(22)23/h2-6,8-11,13-14,19-20H,7H2,1H3/t13-,14+,19-/m0/s1. The molecule has 0 fully saturated rings. The van der Waals surface area contributed by atoms with Gasteiger partial charge in [0.05, 0.1) is 16.5 Å². The molecule has 1 aliphatic heterocycles. The molecule has 1 aliphatic carbocycles. The number of nitro benzene ring substituents is 1. The Balaban J connectivity index is 1.83. The van der Waals surface area contributed by atoms with E-state index in [1.165, 1.54) is 11.1 Å². The van der Waals surface area contributed by atoms with E-state index in [0.29, 0.717) is 11.8 Å². The first-order valence-electron chi connectivity index (χ1n) is 7.92. The van der Waals surface area contributed by atoms with E-state index in [-0.39, 0.29) is 16.7 Å². The Morgan fingerprint density at radius 1 is 1.17 bits per heavy atom. The van der Waals surface area contributed by atoms with E-state index in [0.717, 1.165) is 17.7 Å². The summed E-state index contributed by atoms with van der Waals surface area (Å²) in [6, 6.07) is 13.5. The number of hydrogen-bond acceptors (Lipinski definition) is 3. The van der Waals surface area contributed by atoms with Crippen molar-refractivity contribution in [3.63, 3.8) is 0 Å². The van der Waals surface area contributed by atoms with Crippen molar-refractivity contribution in [1.29, 1.82) is 0 Å². The highest BCUT2D eigenvalue weighted by Crippen LogP contribution is 2.51. The predicted octanol–water partition coefficient (Wildman–Crippen LogP) is 4.73. The molecule has 4 heteroatoms. The van der Waals surface area contributed by atoms with Gasteiger partial charge >= 0.3 is 0 Å². The molecule has 3 atom stereocenters. The molecule has 0 aromatic heterocycles. The van der Waals surface area contributed by atoms with Gasteiger partial charge in [-0.3, -0.25) is 10.1 Å². The summed E-state index contributed by atoms with van der Waals surface area (Å²) < 4.78 is 0. The number of nitrogens with zero attached hydrogens (tertiary/aromatic N) is 1. The second kappa shape index (κ2) is 5.23. The average Bonchev–Trinajstić information content (AvgIpc) is 3.04. The summed E-state index contributed by atoms with van der Waals surface area (Å²) in [6.45, 7) is 2.10. The monoisotopic (exact) mass is 306 g/mol. The maximum atomic E-state index is 11.4. The molecule has 23 heavy (non-hydrogen) atoms. The van der Waals surface area contributed by atoms with Crippen molar-refractivity contribution in [2.75, 3.05) is 5.32 Å². The largest absolute Gasteiger partial charge is 0.377 e. The van der Waals surface area contributed by atoms with Crippen molar-refractivity contribution >= 4 is 11.4 Å². The number of nitro groups is 1. The summed E-state index contributed by atoms with van der Waals surface area (Å²) in [5, 5.41) is 15.0. The highest BCUT2D eigenvalue weighted by molar-refractivity contribution is 5.62. The van der Waals surface area contributed by atoms with E-state index in [1.807, 2.05) is 12.1 Å². The highest BCUT2D eigenvalue weighted by atomic mass is 16.6. The molecule has 0 saturated carbocycles. The van der Waals surface area contributed by atoms with Crippen LogP contribution in [0.25, 0.3) is 0 Å². The Kier molecular flexibility index (Phi) is 3.18. The second-order valence-corrected chi connectivity index (χ2v) is 6.38. The first-order chi connectivity index (χ1) is 11.1. The number of fused-ring (bicyclic) bond motifs is 3. The van der Waals surface area contributed by atoms with Crippen LogP contribution in [0.4, 0.5) is 11.4 Å². The summed E-state index contributed by atoms with van der Waals surface area (Å²) in [5.41, 5.74) is 4.62. The molecular weight excluding hydrogens is 288 g/mol. The Morgan fingerprint density at radius 2 is 2.00 bits per heavy atom. The van der Waals surface area contributed by atoms with Crippen LogP contribution >= 0.6 is 0 Å². The van der Waals surface area contributed by atoms with Gasteiger partial charge in [-0.2, -0.15) is 0 Å². The molecule has 1 N–H and O–H groups in total. The summed E-state index contributed by atoms with van der Waals surface area (Å²) in [6.07, 6.45) is 5.41. The third-order valence-electron chi connectivity index (χ3n) is 4.99. The van der Waals surface area contributed by atoms with Crippen LogP contribution in [0.15, 0.2) is 54.6 Å². The van der Waals surface area contributed by atoms with Crippen LogP contribution in [0, 0.1) is 23.0 Å². The minimum absolute atomic E-state index is 0.0354. The highest BCUT2D eigenvalue weighted by Gasteiger charge is 2.40. The van der Waals surface area contributed by atoms with Crippen LogP contribution in [0.2, 0.25) is 0 Å². The smallest absolute Gasteiger partial charge is 0.274 e. The van der Waals surface area contributed by atoms with Crippen LogP contribution in [0.3, 0.4) is 0 Å². The molecule has 0 bridgehead atoms. The molecule has 0 saturated heterocycles. The third kappa shape index (κ3) is 2.22. The van der Waals surface area contributed by atoms with Crippen LogP contribution in [-0.2, 0) is 0 Å². The summed E-state index contributed by atoms with van der Waals surface area (Å²) >= 11 is 0. The Bertz CT molecular complexity index is 813. The lowest BCUT2D eigenvalue weighted by Gasteiger charge is -2.37. The molecule has 0 unspecified atom stereocenters. The summed E-state index contributed by atoms with van der Waals surface area (Å²) in [7, 11) is 0. The van der Waals surface area contributed by atoms with Crippen LogP contribution in [0.5, 0.6) is 0 Å². The molecule has 2 aromatic rings. The topological polar surface area (TPSA) is 55.2 Å². The zero-order chi connectivity index (χ0) is 16.0. The molecule has 0 spiro atoms. The van der Waals surface area contributed by atoms with Gasteiger partial charge in [-0.1, -0.05) is 48.0 Å². The third-order valence-corrected chi connectivity index (χ3v) is 4.99. The van der Waals surface area contributed by atoms with E-state index in [4.69, 9.17) is 0 Å². The first-order valence-corrected chi connectivity index (χ1v) is 7.92. The number of benzene rings is 2. The molecule has 4 rings (SSSR count). The van der Waals surface area contributed by atoms with E-state index >= 15 is 0 Å². The van der Waals surface area contributed by atoms with Gasteiger partial charge in [0, 0.05) is 17.7 Å².